The van der Waals surface area contributed by atoms with E-state index in [1.165, 1.54) is 0 Å². The van der Waals surface area contributed by atoms with Crippen molar-refractivity contribution in [2.45, 2.75) is 25.4 Å². The van der Waals surface area contributed by atoms with Gasteiger partial charge in [0.1, 0.15) is 6.04 Å². The maximum Gasteiger partial charge on any atom is 0.320 e. The molecule has 2 aromatic rings. The normalized spacial score (nSPS) is 19.3. The van der Waals surface area contributed by atoms with Crippen molar-refractivity contribution in [3.63, 3.8) is 0 Å². The molecule has 20 heavy (non-hydrogen) atoms. The first-order valence-corrected chi connectivity index (χ1v) is 6.80. The Bertz CT molecular complexity index is 594. The summed E-state index contributed by atoms with van der Waals surface area (Å²) in [6.07, 6.45) is 5.46. The van der Waals surface area contributed by atoms with Crippen LogP contribution >= 0.6 is 0 Å². The van der Waals surface area contributed by atoms with Crippen LogP contribution < -0.4 is 0 Å². The van der Waals surface area contributed by atoms with E-state index in [0.29, 0.717) is 6.54 Å². The average molecular weight is 271 g/mol. The molecule has 1 aromatic heterocycles. The zero-order chi connectivity index (χ0) is 13.9. The number of likely N-dealkylation sites (tertiary alicyclic amines) is 1. The monoisotopic (exact) mass is 271 g/mol. The van der Waals surface area contributed by atoms with Gasteiger partial charge in [-0.15, -0.1) is 0 Å². The summed E-state index contributed by atoms with van der Waals surface area (Å²) < 4.78 is 1.82. The van der Waals surface area contributed by atoms with Gasteiger partial charge in [-0.05, 0) is 31.5 Å². The number of para-hydroxylation sites is 1. The predicted octanol–water partition coefficient (Wildman–Crippen LogP) is 1.92. The molecule has 0 bridgehead atoms. The zero-order valence-corrected chi connectivity index (χ0v) is 11.1. The van der Waals surface area contributed by atoms with E-state index in [1.54, 1.807) is 0 Å². The van der Waals surface area contributed by atoms with Crippen molar-refractivity contribution in [3.8, 4) is 5.69 Å². The van der Waals surface area contributed by atoms with Gasteiger partial charge in [0, 0.05) is 18.3 Å². The number of carboxylic acids is 1. The summed E-state index contributed by atoms with van der Waals surface area (Å²) >= 11 is 0. The molecule has 1 aliphatic rings. The van der Waals surface area contributed by atoms with Gasteiger partial charge in [-0.1, -0.05) is 18.2 Å². The van der Waals surface area contributed by atoms with Crippen LogP contribution in [-0.2, 0) is 11.3 Å². The van der Waals surface area contributed by atoms with Gasteiger partial charge < -0.3 is 5.11 Å². The SMILES string of the molecule is O=C(O)[C@H]1CCCN1Cc1cnn(-c2ccccc2)c1. The van der Waals surface area contributed by atoms with Crippen LogP contribution in [0.2, 0.25) is 0 Å². The summed E-state index contributed by atoms with van der Waals surface area (Å²) in [4.78, 5) is 13.2. The minimum absolute atomic E-state index is 0.352. The first kappa shape index (κ1) is 12.9. The lowest BCUT2D eigenvalue weighted by molar-refractivity contribution is -0.142. The third-order valence-corrected chi connectivity index (χ3v) is 3.69. The summed E-state index contributed by atoms with van der Waals surface area (Å²) in [6, 6.07) is 9.54. The Morgan fingerprint density at radius 1 is 1.35 bits per heavy atom. The number of hydrogen-bond donors (Lipinski definition) is 1. The van der Waals surface area contributed by atoms with Crippen LogP contribution in [0.5, 0.6) is 0 Å². The van der Waals surface area contributed by atoms with Gasteiger partial charge >= 0.3 is 5.97 Å². The van der Waals surface area contributed by atoms with Crippen molar-refractivity contribution >= 4 is 5.97 Å². The van der Waals surface area contributed by atoms with Gasteiger partial charge in [-0.25, -0.2) is 4.68 Å². The number of rotatable bonds is 4. The summed E-state index contributed by atoms with van der Waals surface area (Å²) in [7, 11) is 0. The molecule has 0 saturated carbocycles. The van der Waals surface area contributed by atoms with Crippen LogP contribution in [0.3, 0.4) is 0 Å². The van der Waals surface area contributed by atoms with Crippen molar-refractivity contribution in [2.75, 3.05) is 6.54 Å². The fourth-order valence-corrected chi connectivity index (χ4v) is 2.69. The van der Waals surface area contributed by atoms with E-state index < -0.39 is 5.97 Å². The fourth-order valence-electron chi connectivity index (χ4n) is 2.69. The molecule has 5 nitrogen and oxygen atoms in total. The largest absolute Gasteiger partial charge is 0.480 e. The van der Waals surface area contributed by atoms with Crippen LogP contribution in [0.4, 0.5) is 0 Å². The first-order valence-electron chi connectivity index (χ1n) is 6.80. The maximum atomic E-state index is 11.2. The highest BCUT2D eigenvalue weighted by molar-refractivity contribution is 5.73. The highest BCUT2D eigenvalue weighted by Gasteiger charge is 2.30. The van der Waals surface area contributed by atoms with Crippen molar-refractivity contribution in [1.29, 1.82) is 0 Å². The Morgan fingerprint density at radius 3 is 2.90 bits per heavy atom. The summed E-state index contributed by atoms with van der Waals surface area (Å²) in [5.74, 6) is -0.724. The molecular weight excluding hydrogens is 254 g/mol. The molecule has 0 spiro atoms. The summed E-state index contributed by atoms with van der Waals surface area (Å²) in [5.41, 5.74) is 2.05. The second kappa shape index (κ2) is 5.46. The molecular formula is C15H17N3O2. The Balaban J connectivity index is 1.73. The Hall–Kier alpha value is -2.14. The molecule has 0 radical (unpaired) electrons. The van der Waals surface area contributed by atoms with Gasteiger partial charge in [0.25, 0.3) is 0 Å². The number of carboxylic acid groups (broad SMARTS) is 1. The van der Waals surface area contributed by atoms with Crippen molar-refractivity contribution in [3.05, 3.63) is 48.3 Å². The van der Waals surface area contributed by atoms with Crippen LogP contribution in [0.25, 0.3) is 5.69 Å². The van der Waals surface area contributed by atoms with Crippen molar-refractivity contribution < 1.29 is 9.90 Å². The van der Waals surface area contributed by atoms with Gasteiger partial charge in [-0.3, -0.25) is 9.69 Å². The quantitative estimate of drug-likeness (QED) is 0.923. The topological polar surface area (TPSA) is 58.4 Å². The van der Waals surface area contributed by atoms with E-state index in [9.17, 15) is 9.90 Å². The van der Waals surface area contributed by atoms with E-state index in [-0.39, 0.29) is 6.04 Å². The lowest BCUT2D eigenvalue weighted by Crippen LogP contribution is -2.35. The molecule has 3 rings (SSSR count). The molecule has 2 heterocycles. The second-order valence-corrected chi connectivity index (χ2v) is 5.10. The van der Waals surface area contributed by atoms with Gasteiger partial charge in [0.2, 0.25) is 0 Å². The number of carbonyl (C=O) groups is 1. The van der Waals surface area contributed by atoms with Gasteiger partial charge in [0.05, 0.1) is 11.9 Å². The standard InChI is InChI=1S/C15H17N3O2/c19-15(20)14-7-4-8-17(14)10-12-9-16-18(11-12)13-5-2-1-3-6-13/h1-3,5-6,9,11,14H,4,7-8,10H2,(H,19,20)/t14-/m1/s1. The predicted molar refractivity (Wildman–Crippen MR) is 74.6 cm³/mol. The van der Waals surface area contributed by atoms with E-state index in [2.05, 4.69) is 5.10 Å². The van der Waals surface area contributed by atoms with E-state index >= 15 is 0 Å². The number of aromatic nitrogens is 2. The molecule has 1 aromatic carbocycles. The highest BCUT2D eigenvalue weighted by Crippen LogP contribution is 2.20. The Kier molecular flexibility index (Phi) is 3.52. The van der Waals surface area contributed by atoms with E-state index in [1.807, 2.05) is 52.3 Å². The molecule has 104 valence electrons. The summed E-state index contributed by atoms with van der Waals surface area (Å²) in [5, 5.41) is 13.5. The zero-order valence-electron chi connectivity index (χ0n) is 11.1. The smallest absolute Gasteiger partial charge is 0.320 e. The van der Waals surface area contributed by atoms with Gasteiger partial charge in [0.15, 0.2) is 0 Å². The fraction of sp³-hybridized carbons (Fsp3) is 0.333. The lowest BCUT2D eigenvalue weighted by atomic mass is 10.2. The minimum Gasteiger partial charge on any atom is -0.480 e. The number of hydrogen-bond acceptors (Lipinski definition) is 3. The molecule has 0 unspecified atom stereocenters. The maximum absolute atomic E-state index is 11.2. The molecule has 0 aliphatic carbocycles. The Morgan fingerprint density at radius 2 is 2.15 bits per heavy atom. The van der Waals surface area contributed by atoms with Crippen molar-refractivity contribution in [2.24, 2.45) is 0 Å². The average Bonchev–Trinajstić information content (AvgIpc) is 3.09. The molecule has 0 amide bonds. The Labute approximate surface area is 117 Å². The second-order valence-electron chi connectivity index (χ2n) is 5.10. The molecule has 5 heteroatoms. The molecule has 1 aliphatic heterocycles. The number of aliphatic carboxylic acids is 1. The van der Waals surface area contributed by atoms with Crippen molar-refractivity contribution in [1.82, 2.24) is 14.7 Å². The summed E-state index contributed by atoms with van der Waals surface area (Å²) in [6.45, 7) is 1.48. The molecule has 1 N–H and O–H groups in total. The molecule has 1 saturated heterocycles. The van der Waals surface area contributed by atoms with Gasteiger partial charge in [-0.2, -0.15) is 5.10 Å². The third-order valence-electron chi connectivity index (χ3n) is 3.69. The van der Waals surface area contributed by atoms with Crippen LogP contribution in [0, 0.1) is 0 Å². The first-order chi connectivity index (χ1) is 9.74. The molecule has 1 fully saturated rings. The van der Waals surface area contributed by atoms with E-state index in [4.69, 9.17) is 0 Å². The third kappa shape index (κ3) is 2.58. The van der Waals surface area contributed by atoms with E-state index in [0.717, 1.165) is 30.6 Å². The van der Waals surface area contributed by atoms with Crippen LogP contribution in [-0.4, -0.2) is 38.3 Å². The van der Waals surface area contributed by atoms with Crippen LogP contribution in [0.15, 0.2) is 42.7 Å². The lowest BCUT2D eigenvalue weighted by Gasteiger charge is -2.19. The number of benzene rings is 1. The highest BCUT2D eigenvalue weighted by atomic mass is 16.4. The molecule has 1 atom stereocenters. The van der Waals surface area contributed by atoms with Crippen LogP contribution in [0.1, 0.15) is 18.4 Å². The number of nitrogens with zero attached hydrogens (tertiary/aromatic N) is 3. The minimum atomic E-state index is -0.724.